The molecule has 0 saturated carbocycles. The highest BCUT2D eigenvalue weighted by Gasteiger charge is 2.16. The maximum atomic E-state index is 12.2. The molecule has 354 valence electrons. The van der Waals surface area contributed by atoms with E-state index in [4.69, 9.17) is 9.47 Å². The van der Waals surface area contributed by atoms with Crippen molar-refractivity contribution in [3.8, 4) is 0 Å². The van der Waals surface area contributed by atoms with Gasteiger partial charge in [0.2, 0.25) is 0 Å². The van der Waals surface area contributed by atoms with Crippen LogP contribution in [0.3, 0.4) is 0 Å². The van der Waals surface area contributed by atoms with E-state index in [-0.39, 0.29) is 25.2 Å². The summed E-state index contributed by atoms with van der Waals surface area (Å²) in [5.41, 5.74) is 0. The van der Waals surface area contributed by atoms with Gasteiger partial charge in [0.1, 0.15) is 6.61 Å². The van der Waals surface area contributed by atoms with Crippen molar-refractivity contribution in [1.29, 1.82) is 0 Å². The highest BCUT2D eigenvalue weighted by Crippen LogP contribution is 2.15. The van der Waals surface area contributed by atoms with E-state index >= 15 is 0 Å². The van der Waals surface area contributed by atoms with Crippen LogP contribution in [0.4, 0.5) is 0 Å². The van der Waals surface area contributed by atoms with E-state index in [0.717, 1.165) is 89.9 Å². The van der Waals surface area contributed by atoms with Gasteiger partial charge in [-0.1, -0.05) is 239 Å². The smallest absolute Gasteiger partial charge is 0.306 e. The number of ether oxygens (including phenoxy) is 2. The monoisotopic (exact) mass is 861 g/mol. The summed E-state index contributed by atoms with van der Waals surface area (Å²) in [6.07, 6.45) is 73.7. The van der Waals surface area contributed by atoms with Crippen LogP contribution in [-0.4, -0.2) is 36.4 Å². The minimum Gasteiger partial charge on any atom is -0.462 e. The Morgan fingerprint density at radius 2 is 0.694 bits per heavy atom. The fourth-order valence-corrected chi connectivity index (χ4v) is 7.04. The molecular formula is C57H96O5. The molecule has 5 nitrogen and oxygen atoms in total. The molecule has 0 heterocycles. The Kier molecular flexibility index (Phi) is 49.5. The van der Waals surface area contributed by atoms with Crippen molar-refractivity contribution in [3.05, 3.63) is 97.2 Å². The molecule has 0 amide bonds. The number of aliphatic hydroxyl groups is 1. The van der Waals surface area contributed by atoms with Crippen LogP contribution in [0, 0.1) is 0 Å². The zero-order valence-corrected chi connectivity index (χ0v) is 40.4. The number of rotatable bonds is 46. The Morgan fingerprint density at radius 3 is 1.05 bits per heavy atom. The first-order chi connectivity index (χ1) is 30.6. The lowest BCUT2D eigenvalue weighted by Gasteiger charge is -2.15. The fraction of sp³-hybridized carbons (Fsp3) is 0.684. The van der Waals surface area contributed by atoms with Crippen molar-refractivity contribution < 1.29 is 24.2 Å². The van der Waals surface area contributed by atoms with Gasteiger partial charge in [-0.05, 0) is 77.0 Å². The number of carbonyl (C=O) groups is 2. The average Bonchev–Trinajstić information content (AvgIpc) is 3.28. The second kappa shape index (κ2) is 52.2. The van der Waals surface area contributed by atoms with Crippen LogP contribution < -0.4 is 0 Å². The Balaban J connectivity index is 3.53. The number of aliphatic hydroxyl groups excluding tert-OH is 1. The van der Waals surface area contributed by atoms with Crippen molar-refractivity contribution in [1.82, 2.24) is 0 Å². The third-order valence-corrected chi connectivity index (χ3v) is 10.9. The zero-order valence-electron chi connectivity index (χ0n) is 40.4. The van der Waals surface area contributed by atoms with Gasteiger partial charge >= 0.3 is 11.9 Å². The minimum atomic E-state index is -0.774. The third-order valence-electron chi connectivity index (χ3n) is 10.9. The Labute approximate surface area is 383 Å². The first-order valence-corrected chi connectivity index (χ1v) is 25.8. The van der Waals surface area contributed by atoms with Gasteiger partial charge in [-0.3, -0.25) is 9.59 Å². The van der Waals surface area contributed by atoms with Crippen LogP contribution in [0.5, 0.6) is 0 Å². The average molecular weight is 861 g/mol. The molecule has 0 aromatic rings. The highest BCUT2D eigenvalue weighted by atomic mass is 16.6. The van der Waals surface area contributed by atoms with Gasteiger partial charge in [0, 0.05) is 12.8 Å². The molecule has 0 aromatic heterocycles. The Hall–Kier alpha value is -3.18. The molecule has 1 unspecified atom stereocenters. The molecule has 0 aliphatic carbocycles. The van der Waals surface area contributed by atoms with Crippen LogP contribution in [0.1, 0.15) is 232 Å². The number of esters is 2. The molecule has 1 atom stereocenters. The molecule has 0 radical (unpaired) electrons. The first-order valence-electron chi connectivity index (χ1n) is 25.8. The maximum Gasteiger partial charge on any atom is 0.306 e. The van der Waals surface area contributed by atoms with E-state index in [1.807, 2.05) is 0 Å². The summed E-state index contributed by atoms with van der Waals surface area (Å²) in [7, 11) is 0. The molecule has 0 bridgehead atoms. The topological polar surface area (TPSA) is 72.8 Å². The predicted molar refractivity (Wildman–Crippen MR) is 269 cm³/mol. The number of carbonyl (C=O) groups excluding carboxylic acids is 2. The molecule has 0 rings (SSSR count). The molecule has 5 heteroatoms. The lowest BCUT2D eigenvalue weighted by Crippen LogP contribution is -2.28. The lowest BCUT2D eigenvalue weighted by atomic mass is 10.0. The van der Waals surface area contributed by atoms with Gasteiger partial charge in [0.25, 0.3) is 0 Å². The fourth-order valence-electron chi connectivity index (χ4n) is 7.04. The standard InChI is InChI=1S/C57H96O5/c1-3-5-7-9-11-13-15-16-17-18-19-20-21-22-23-24-25-26-27-28-29-30-31-32-33-34-35-36-37-38-39-40-42-44-46-48-50-52-57(60)62-55(53-58)54-61-56(59)51-49-47-45-43-41-14-12-10-8-6-4-2/h5,7,11,13,16-17,19-20,22-23,25-26,28-29,31-32,55,58H,3-4,6,8-10,12,14-15,18,21,24,27,30,33-54H2,1-2H3/b7-5-,13-11-,17-16-,20-19-,23-22-,26-25-,29-28-,32-31-. The maximum absolute atomic E-state index is 12.2. The van der Waals surface area contributed by atoms with Crippen LogP contribution >= 0.6 is 0 Å². The molecule has 0 aromatic carbocycles. The minimum absolute atomic E-state index is 0.0673. The van der Waals surface area contributed by atoms with E-state index < -0.39 is 6.10 Å². The Bertz CT molecular complexity index is 1200. The summed E-state index contributed by atoms with van der Waals surface area (Å²) < 4.78 is 10.6. The molecule has 0 aliphatic heterocycles. The van der Waals surface area contributed by atoms with E-state index in [9.17, 15) is 14.7 Å². The normalized spacial score (nSPS) is 13.0. The van der Waals surface area contributed by atoms with Crippen molar-refractivity contribution >= 4 is 11.9 Å². The van der Waals surface area contributed by atoms with Crippen molar-refractivity contribution in [3.63, 3.8) is 0 Å². The lowest BCUT2D eigenvalue weighted by molar-refractivity contribution is -0.161. The van der Waals surface area contributed by atoms with Gasteiger partial charge in [0.05, 0.1) is 6.61 Å². The van der Waals surface area contributed by atoms with E-state index in [1.165, 1.54) is 116 Å². The Morgan fingerprint density at radius 1 is 0.387 bits per heavy atom. The van der Waals surface area contributed by atoms with Crippen molar-refractivity contribution in [2.75, 3.05) is 13.2 Å². The number of allylic oxidation sites excluding steroid dienone is 16. The summed E-state index contributed by atoms with van der Waals surface area (Å²) in [6, 6.07) is 0. The first kappa shape index (κ1) is 58.8. The summed E-state index contributed by atoms with van der Waals surface area (Å²) in [5.74, 6) is -0.593. The predicted octanol–water partition coefficient (Wildman–Crippen LogP) is 17.2. The molecule has 0 spiro atoms. The summed E-state index contributed by atoms with van der Waals surface area (Å²) in [4.78, 5) is 24.3. The highest BCUT2D eigenvalue weighted by molar-refractivity contribution is 5.70. The van der Waals surface area contributed by atoms with Crippen LogP contribution in [0.15, 0.2) is 97.2 Å². The van der Waals surface area contributed by atoms with E-state index in [0.29, 0.717) is 12.8 Å². The number of hydrogen-bond acceptors (Lipinski definition) is 5. The van der Waals surface area contributed by atoms with E-state index in [1.54, 1.807) is 0 Å². The number of unbranched alkanes of at least 4 members (excludes halogenated alkanes) is 22. The SMILES string of the molecule is CC/C=C\C/C=C\C/C=C\C/C=C\C/C=C\C/C=C\C/C=C\C/C=C\CCCCCCCCCCCCCCC(=O)OC(CO)COC(=O)CCCCCCCCCCCCC. The third kappa shape index (κ3) is 49.5. The van der Waals surface area contributed by atoms with Crippen LogP contribution in [-0.2, 0) is 19.1 Å². The molecule has 0 aliphatic rings. The molecule has 0 fully saturated rings. The summed E-state index contributed by atoms with van der Waals surface area (Å²) >= 11 is 0. The van der Waals surface area contributed by atoms with Gasteiger partial charge in [-0.2, -0.15) is 0 Å². The number of hydrogen-bond donors (Lipinski definition) is 1. The zero-order chi connectivity index (χ0) is 44.9. The second-order valence-corrected chi connectivity index (χ2v) is 16.9. The summed E-state index contributed by atoms with van der Waals surface area (Å²) in [6.45, 7) is 4.01. The van der Waals surface area contributed by atoms with Crippen LogP contribution in [0.25, 0.3) is 0 Å². The molecular weight excluding hydrogens is 765 g/mol. The van der Waals surface area contributed by atoms with Gasteiger partial charge in [-0.25, -0.2) is 0 Å². The van der Waals surface area contributed by atoms with Gasteiger partial charge in [0.15, 0.2) is 6.10 Å². The molecule has 1 N–H and O–H groups in total. The largest absolute Gasteiger partial charge is 0.462 e. The quantitative estimate of drug-likeness (QED) is 0.0375. The van der Waals surface area contributed by atoms with Gasteiger partial charge < -0.3 is 14.6 Å². The van der Waals surface area contributed by atoms with Crippen molar-refractivity contribution in [2.24, 2.45) is 0 Å². The second-order valence-electron chi connectivity index (χ2n) is 16.9. The van der Waals surface area contributed by atoms with Crippen LogP contribution in [0.2, 0.25) is 0 Å². The van der Waals surface area contributed by atoms with Gasteiger partial charge in [-0.15, -0.1) is 0 Å². The van der Waals surface area contributed by atoms with Crippen molar-refractivity contribution in [2.45, 2.75) is 238 Å². The summed E-state index contributed by atoms with van der Waals surface area (Å²) in [5, 5.41) is 9.59. The molecule has 0 saturated heterocycles. The molecule has 62 heavy (non-hydrogen) atoms. The van der Waals surface area contributed by atoms with E-state index in [2.05, 4.69) is 111 Å².